The van der Waals surface area contributed by atoms with Crippen molar-refractivity contribution in [2.75, 3.05) is 10.2 Å². The smallest absolute Gasteiger partial charge is 0.295 e. The molecular formula is C17H16N2O2S. The molecule has 1 N–H and O–H groups in total. The van der Waals surface area contributed by atoms with Crippen LogP contribution in [0.15, 0.2) is 48.5 Å². The van der Waals surface area contributed by atoms with Gasteiger partial charge in [-0.25, -0.2) is 4.90 Å². The number of carbonyl (C=O) groups is 2. The van der Waals surface area contributed by atoms with Gasteiger partial charge in [-0.1, -0.05) is 24.3 Å². The van der Waals surface area contributed by atoms with Crippen molar-refractivity contribution in [1.82, 2.24) is 0 Å². The number of hydrogen-bond acceptors (Lipinski definition) is 4. The summed E-state index contributed by atoms with van der Waals surface area (Å²) in [5.41, 5.74) is 3.64. The molecule has 1 heterocycles. The molecule has 22 heavy (non-hydrogen) atoms. The van der Waals surface area contributed by atoms with Crippen LogP contribution >= 0.6 is 11.8 Å². The molecule has 5 heteroatoms. The minimum absolute atomic E-state index is 0.234. The van der Waals surface area contributed by atoms with Gasteiger partial charge in [0, 0.05) is 5.69 Å². The number of benzene rings is 2. The lowest BCUT2D eigenvalue weighted by molar-refractivity contribution is -0.116. The highest BCUT2D eigenvalue weighted by atomic mass is 32.2. The van der Waals surface area contributed by atoms with Crippen LogP contribution in [0.25, 0.3) is 0 Å². The fourth-order valence-corrected chi connectivity index (χ4v) is 3.19. The quantitative estimate of drug-likeness (QED) is 0.932. The monoisotopic (exact) mass is 312 g/mol. The molecule has 1 aliphatic rings. The summed E-state index contributed by atoms with van der Waals surface area (Å²) in [6.45, 7) is 3.97. The molecule has 0 aromatic heterocycles. The summed E-state index contributed by atoms with van der Waals surface area (Å²) in [4.78, 5) is 26.0. The Hall–Kier alpha value is -2.27. The maximum Gasteiger partial charge on any atom is 0.295 e. The molecule has 0 aliphatic carbocycles. The molecule has 0 saturated carbocycles. The molecule has 0 bridgehead atoms. The number of nitrogens with one attached hydrogen (secondary N) is 1. The minimum Gasteiger partial charge on any atom is -0.365 e. The second-order valence-electron chi connectivity index (χ2n) is 5.22. The minimum atomic E-state index is -0.587. The third-order valence-corrected chi connectivity index (χ3v) is 4.61. The van der Waals surface area contributed by atoms with E-state index in [1.165, 1.54) is 4.90 Å². The SMILES string of the molecule is Cc1ccc(N2C(=O)SC(Nc3ccccc3)C2=O)cc1C. The first-order valence-electron chi connectivity index (χ1n) is 6.99. The number of nitrogens with zero attached hydrogens (tertiary/aromatic N) is 1. The summed E-state index contributed by atoms with van der Waals surface area (Å²) in [6, 6.07) is 15.0. The van der Waals surface area contributed by atoms with E-state index in [2.05, 4.69) is 5.32 Å². The van der Waals surface area contributed by atoms with Gasteiger partial charge in [0.2, 0.25) is 0 Å². The van der Waals surface area contributed by atoms with Gasteiger partial charge >= 0.3 is 0 Å². The van der Waals surface area contributed by atoms with Crippen molar-refractivity contribution in [3.63, 3.8) is 0 Å². The Balaban J connectivity index is 1.83. The van der Waals surface area contributed by atoms with Crippen LogP contribution in [0.3, 0.4) is 0 Å². The second kappa shape index (κ2) is 5.85. The molecule has 0 spiro atoms. The average molecular weight is 312 g/mol. The fourth-order valence-electron chi connectivity index (χ4n) is 2.29. The number of anilines is 2. The normalized spacial score (nSPS) is 17.9. The molecule has 1 aliphatic heterocycles. The molecule has 1 atom stereocenters. The lowest BCUT2D eigenvalue weighted by Gasteiger charge is -2.16. The van der Waals surface area contributed by atoms with Crippen LogP contribution in [0, 0.1) is 13.8 Å². The Morgan fingerprint density at radius 1 is 1.00 bits per heavy atom. The van der Waals surface area contributed by atoms with Crippen LogP contribution in [0.4, 0.5) is 16.2 Å². The largest absolute Gasteiger partial charge is 0.365 e. The van der Waals surface area contributed by atoms with Gasteiger partial charge in [0.15, 0.2) is 5.37 Å². The molecule has 112 valence electrons. The number of hydrogen-bond donors (Lipinski definition) is 1. The van der Waals surface area contributed by atoms with E-state index in [1.54, 1.807) is 0 Å². The summed E-state index contributed by atoms with van der Waals surface area (Å²) in [5, 5.41) is 2.26. The molecule has 2 aromatic carbocycles. The van der Waals surface area contributed by atoms with E-state index in [4.69, 9.17) is 0 Å². The van der Waals surface area contributed by atoms with Crippen molar-refractivity contribution < 1.29 is 9.59 Å². The van der Waals surface area contributed by atoms with E-state index >= 15 is 0 Å². The summed E-state index contributed by atoms with van der Waals surface area (Å²) >= 11 is 1.01. The number of carbonyl (C=O) groups excluding carboxylic acids is 2. The van der Waals surface area contributed by atoms with E-state index in [9.17, 15) is 9.59 Å². The first-order chi connectivity index (χ1) is 10.6. The summed E-state index contributed by atoms with van der Waals surface area (Å²) in [5.74, 6) is -0.234. The van der Waals surface area contributed by atoms with Crippen LogP contribution in [-0.4, -0.2) is 16.5 Å². The summed E-state index contributed by atoms with van der Waals surface area (Å²) in [6.07, 6.45) is 0. The Kier molecular flexibility index (Phi) is 3.90. The second-order valence-corrected chi connectivity index (χ2v) is 6.27. The van der Waals surface area contributed by atoms with Gasteiger partial charge in [-0.3, -0.25) is 9.59 Å². The van der Waals surface area contributed by atoms with Gasteiger partial charge in [-0.2, -0.15) is 0 Å². The Morgan fingerprint density at radius 2 is 1.73 bits per heavy atom. The molecule has 1 saturated heterocycles. The number of para-hydroxylation sites is 1. The van der Waals surface area contributed by atoms with Crippen molar-refractivity contribution in [3.8, 4) is 0 Å². The van der Waals surface area contributed by atoms with Crippen molar-refractivity contribution >= 4 is 34.3 Å². The zero-order valence-electron chi connectivity index (χ0n) is 12.4. The molecule has 2 amide bonds. The van der Waals surface area contributed by atoms with E-state index < -0.39 is 5.37 Å². The summed E-state index contributed by atoms with van der Waals surface area (Å²) in [7, 11) is 0. The van der Waals surface area contributed by atoms with E-state index in [-0.39, 0.29) is 11.1 Å². The maximum atomic E-state index is 12.5. The van der Waals surface area contributed by atoms with Crippen molar-refractivity contribution in [3.05, 3.63) is 59.7 Å². The molecule has 1 unspecified atom stereocenters. The fraction of sp³-hybridized carbons (Fsp3) is 0.176. The number of imide groups is 1. The van der Waals surface area contributed by atoms with Crippen molar-refractivity contribution in [2.24, 2.45) is 0 Å². The number of amides is 2. The number of rotatable bonds is 3. The van der Waals surface area contributed by atoms with E-state index in [0.717, 1.165) is 28.6 Å². The standard InChI is InChI=1S/C17H16N2O2S/c1-11-8-9-14(10-12(11)2)19-16(20)15(22-17(19)21)18-13-6-4-3-5-7-13/h3-10,15,18H,1-2H3. The summed E-state index contributed by atoms with van der Waals surface area (Å²) < 4.78 is 0. The van der Waals surface area contributed by atoms with Gasteiger partial charge in [-0.15, -0.1) is 0 Å². The van der Waals surface area contributed by atoms with Gasteiger partial charge in [0.1, 0.15) is 0 Å². The molecule has 2 aromatic rings. The van der Waals surface area contributed by atoms with Crippen LogP contribution in [0.2, 0.25) is 0 Å². The zero-order chi connectivity index (χ0) is 15.7. The lowest BCUT2D eigenvalue weighted by atomic mass is 10.1. The molecule has 4 nitrogen and oxygen atoms in total. The number of aryl methyl sites for hydroxylation is 2. The third kappa shape index (κ3) is 2.72. The van der Waals surface area contributed by atoms with Crippen LogP contribution in [0.5, 0.6) is 0 Å². The predicted molar refractivity (Wildman–Crippen MR) is 90.2 cm³/mol. The topological polar surface area (TPSA) is 49.4 Å². The lowest BCUT2D eigenvalue weighted by Crippen LogP contribution is -2.34. The molecule has 3 rings (SSSR count). The van der Waals surface area contributed by atoms with Crippen LogP contribution < -0.4 is 10.2 Å². The molecule has 0 radical (unpaired) electrons. The van der Waals surface area contributed by atoms with Crippen molar-refractivity contribution in [2.45, 2.75) is 19.2 Å². The zero-order valence-corrected chi connectivity index (χ0v) is 13.2. The van der Waals surface area contributed by atoms with E-state index in [0.29, 0.717) is 5.69 Å². The Bertz CT molecular complexity index is 731. The average Bonchev–Trinajstić information content (AvgIpc) is 2.78. The van der Waals surface area contributed by atoms with Gasteiger partial charge in [0.05, 0.1) is 5.69 Å². The predicted octanol–water partition coefficient (Wildman–Crippen LogP) is 3.94. The van der Waals surface area contributed by atoms with Crippen molar-refractivity contribution in [1.29, 1.82) is 0 Å². The number of thioether (sulfide) groups is 1. The first kappa shape index (κ1) is 14.7. The highest BCUT2D eigenvalue weighted by Gasteiger charge is 2.40. The molecule has 1 fully saturated rings. The van der Waals surface area contributed by atoms with Gasteiger partial charge < -0.3 is 5.32 Å². The van der Waals surface area contributed by atoms with Gasteiger partial charge in [0.25, 0.3) is 11.1 Å². The van der Waals surface area contributed by atoms with Crippen LogP contribution in [-0.2, 0) is 4.79 Å². The Labute approximate surface area is 133 Å². The Morgan fingerprint density at radius 3 is 2.41 bits per heavy atom. The molecular weight excluding hydrogens is 296 g/mol. The maximum absolute atomic E-state index is 12.5. The highest BCUT2D eigenvalue weighted by Crippen LogP contribution is 2.33. The van der Waals surface area contributed by atoms with Gasteiger partial charge in [-0.05, 0) is 61.0 Å². The third-order valence-electron chi connectivity index (χ3n) is 3.67. The van der Waals surface area contributed by atoms with E-state index in [1.807, 2.05) is 62.4 Å². The highest BCUT2D eigenvalue weighted by molar-refractivity contribution is 8.16. The van der Waals surface area contributed by atoms with Crippen LogP contribution in [0.1, 0.15) is 11.1 Å². The first-order valence-corrected chi connectivity index (χ1v) is 7.87.